The van der Waals surface area contributed by atoms with E-state index in [1.165, 1.54) is 28.9 Å². The number of alkyl halides is 3. The minimum atomic E-state index is -4.73. The molecule has 0 amide bonds. The van der Waals surface area contributed by atoms with Gasteiger partial charge < -0.3 is 10.6 Å². The second-order valence-electron chi connectivity index (χ2n) is 7.90. The van der Waals surface area contributed by atoms with Gasteiger partial charge in [0.2, 0.25) is 0 Å². The minimum Gasteiger partial charge on any atom is -0.388 e. The zero-order valence-corrected chi connectivity index (χ0v) is 20.0. The summed E-state index contributed by atoms with van der Waals surface area (Å²) in [7, 11) is -0.0137. The van der Waals surface area contributed by atoms with Gasteiger partial charge in [-0.15, -0.1) is 0 Å². The lowest BCUT2D eigenvalue weighted by molar-refractivity contribution is -0.140. The molecule has 0 bridgehead atoms. The van der Waals surface area contributed by atoms with Crippen molar-refractivity contribution in [2.75, 3.05) is 31.0 Å². The van der Waals surface area contributed by atoms with Gasteiger partial charge >= 0.3 is 6.18 Å². The highest BCUT2D eigenvalue weighted by Gasteiger charge is 2.40. The van der Waals surface area contributed by atoms with Crippen LogP contribution in [0.3, 0.4) is 0 Å². The van der Waals surface area contributed by atoms with Crippen LogP contribution in [0, 0.1) is 0 Å². The van der Waals surface area contributed by atoms with Crippen molar-refractivity contribution in [3.8, 4) is 28.1 Å². The quantitative estimate of drug-likeness (QED) is 0.355. The van der Waals surface area contributed by atoms with Crippen molar-refractivity contribution in [2.45, 2.75) is 11.1 Å². The summed E-state index contributed by atoms with van der Waals surface area (Å²) >= 11 is 0. The maximum absolute atomic E-state index is 14.3. The number of hydrogen-bond donors (Lipinski definition) is 2. The SMILES string of the molecule is CNc1ccc(-c2c(C(F)(F)F)nn(-c3ccc(NC)cc3)c2-c2ccc(S(C)(=O)=O)cc2)cc1. The molecule has 0 spiro atoms. The van der Waals surface area contributed by atoms with E-state index in [0.717, 1.165) is 17.6 Å². The van der Waals surface area contributed by atoms with E-state index in [9.17, 15) is 21.6 Å². The number of hydrogen-bond acceptors (Lipinski definition) is 5. The molecule has 35 heavy (non-hydrogen) atoms. The van der Waals surface area contributed by atoms with E-state index in [0.29, 0.717) is 16.8 Å². The zero-order valence-electron chi connectivity index (χ0n) is 19.2. The summed E-state index contributed by atoms with van der Waals surface area (Å²) in [6.45, 7) is 0. The second kappa shape index (κ2) is 9.10. The zero-order chi connectivity index (χ0) is 25.4. The van der Waals surface area contributed by atoms with Crippen molar-refractivity contribution in [3.63, 3.8) is 0 Å². The fourth-order valence-corrected chi connectivity index (χ4v) is 4.41. The average molecular weight is 501 g/mol. The molecule has 0 aliphatic rings. The highest BCUT2D eigenvalue weighted by molar-refractivity contribution is 7.90. The van der Waals surface area contributed by atoms with Crippen molar-refractivity contribution in [1.82, 2.24) is 9.78 Å². The number of halogens is 3. The van der Waals surface area contributed by atoms with Crippen LogP contribution in [-0.2, 0) is 16.0 Å². The number of nitrogens with zero attached hydrogens (tertiary/aromatic N) is 2. The third kappa shape index (κ3) is 4.88. The number of anilines is 2. The van der Waals surface area contributed by atoms with Gasteiger partial charge in [-0.1, -0.05) is 24.3 Å². The van der Waals surface area contributed by atoms with Gasteiger partial charge in [-0.05, 0) is 54.1 Å². The monoisotopic (exact) mass is 500 g/mol. The van der Waals surface area contributed by atoms with Crippen LogP contribution in [-0.4, -0.2) is 38.5 Å². The molecule has 6 nitrogen and oxygen atoms in total. The highest BCUT2D eigenvalue weighted by Crippen LogP contribution is 2.44. The van der Waals surface area contributed by atoms with E-state index < -0.39 is 21.7 Å². The normalized spacial score (nSPS) is 11.9. The standard InChI is InChI=1S/C25H23F3N4O2S/c1-29-18-8-4-16(5-9-18)22-23(17-6-14-21(15-7-17)35(3,33)34)32(31-24(22)25(26,27)28)20-12-10-19(30-2)11-13-20/h4-15,29-30H,1-3H3. The molecule has 0 saturated heterocycles. The molecule has 182 valence electrons. The third-order valence-corrected chi connectivity index (χ3v) is 6.70. The molecule has 0 fully saturated rings. The summed E-state index contributed by atoms with van der Waals surface area (Å²) in [6, 6.07) is 19.1. The molecule has 0 atom stereocenters. The maximum atomic E-state index is 14.3. The van der Waals surface area contributed by atoms with Gasteiger partial charge in [0.25, 0.3) is 0 Å². The Balaban J connectivity index is 2.04. The first kappa shape index (κ1) is 24.3. The first-order valence-electron chi connectivity index (χ1n) is 10.6. The Hall–Kier alpha value is -3.79. The van der Waals surface area contributed by atoms with Crippen LogP contribution in [0.4, 0.5) is 24.5 Å². The van der Waals surface area contributed by atoms with Crippen LogP contribution in [0.1, 0.15) is 5.69 Å². The van der Waals surface area contributed by atoms with E-state index in [1.54, 1.807) is 62.6 Å². The lowest BCUT2D eigenvalue weighted by Gasteiger charge is -2.13. The Kier molecular flexibility index (Phi) is 6.33. The molecular weight excluding hydrogens is 477 g/mol. The first-order chi connectivity index (χ1) is 16.5. The number of nitrogens with one attached hydrogen (secondary N) is 2. The van der Waals surface area contributed by atoms with Crippen molar-refractivity contribution in [1.29, 1.82) is 0 Å². The van der Waals surface area contributed by atoms with Crippen LogP contribution in [0.25, 0.3) is 28.1 Å². The van der Waals surface area contributed by atoms with Crippen molar-refractivity contribution < 1.29 is 21.6 Å². The summed E-state index contributed by atoms with van der Waals surface area (Å²) in [5, 5.41) is 9.94. The van der Waals surface area contributed by atoms with Crippen LogP contribution >= 0.6 is 0 Å². The topological polar surface area (TPSA) is 76.0 Å². The molecule has 0 aliphatic carbocycles. The van der Waals surface area contributed by atoms with E-state index in [4.69, 9.17) is 0 Å². The summed E-state index contributed by atoms with van der Waals surface area (Å²) in [5.41, 5.74) is 1.76. The molecule has 0 aliphatic heterocycles. The largest absolute Gasteiger partial charge is 0.435 e. The van der Waals surface area contributed by atoms with E-state index in [1.807, 2.05) is 0 Å². The molecule has 4 rings (SSSR count). The predicted octanol–water partition coefficient (Wildman–Crippen LogP) is 5.71. The number of benzene rings is 3. The molecule has 0 radical (unpaired) electrons. The smallest absolute Gasteiger partial charge is 0.388 e. The van der Waals surface area contributed by atoms with E-state index in [2.05, 4.69) is 15.7 Å². The van der Waals surface area contributed by atoms with Crippen LogP contribution in [0.2, 0.25) is 0 Å². The minimum absolute atomic E-state index is 0.0710. The second-order valence-corrected chi connectivity index (χ2v) is 9.92. The molecule has 2 N–H and O–H groups in total. The molecule has 1 heterocycles. The molecule has 1 aromatic heterocycles. The first-order valence-corrected chi connectivity index (χ1v) is 12.5. The molecule has 4 aromatic rings. The number of aromatic nitrogens is 2. The summed E-state index contributed by atoms with van der Waals surface area (Å²) in [4.78, 5) is 0.0710. The van der Waals surface area contributed by atoms with Crippen LogP contribution in [0.15, 0.2) is 77.7 Å². The number of sulfone groups is 1. The van der Waals surface area contributed by atoms with Crippen molar-refractivity contribution in [2.24, 2.45) is 0 Å². The fourth-order valence-electron chi connectivity index (χ4n) is 3.78. The lowest BCUT2D eigenvalue weighted by Crippen LogP contribution is -2.08. The van der Waals surface area contributed by atoms with Crippen LogP contribution in [0.5, 0.6) is 0 Å². The van der Waals surface area contributed by atoms with Gasteiger partial charge in [-0.25, -0.2) is 13.1 Å². The average Bonchev–Trinajstić information content (AvgIpc) is 3.25. The Bertz CT molecular complexity index is 1440. The molecule has 0 saturated carbocycles. The Morgan fingerprint density at radius 1 is 0.771 bits per heavy atom. The molecule has 10 heteroatoms. The Morgan fingerprint density at radius 3 is 1.71 bits per heavy atom. The number of rotatable bonds is 6. The van der Waals surface area contributed by atoms with E-state index in [-0.39, 0.29) is 16.2 Å². The van der Waals surface area contributed by atoms with Crippen LogP contribution < -0.4 is 10.6 Å². The Morgan fingerprint density at radius 2 is 1.26 bits per heavy atom. The summed E-state index contributed by atoms with van der Waals surface area (Å²) < 4.78 is 67.9. The summed E-state index contributed by atoms with van der Waals surface area (Å²) in [5.74, 6) is 0. The third-order valence-electron chi connectivity index (χ3n) is 5.57. The predicted molar refractivity (Wildman–Crippen MR) is 132 cm³/mol. The van der Waals surface area contributed by atoms with Crippen molar-refractivity contribution in [3.05, 3.63) is 78.5 Å². The maximum Gasteiger partial charge on any atom is 0.435 e. The molecular formula is C25H23F3N4O2S. The van der Waals surface area contributed by atoms with Gasteiger partial charge in [0.05, 0.1) is 16.3 Å². The van der Waals surface area contributed by atoms with Gasteiger partial charge in [0.15, 0.2) is 15.5 Å². The van der Waals surface area contributed by atoms with Gasteiger partial charge in [-0.3, -0.25) is 0 Å². The Labute approximate surface area is 201 Å². The lowest BCUT2D eigenvalue weighted by atomic mass is 9.98. The van der Waals surface area contributed by atoms with Gasteiger partial charge in [0.1, 0.15) is 0 Å². The molecule has 3 aromatic carbocycles. The molecule has 0 unspecified atom stereocenters. The van der Waals surface area contributed by atoms with E-state index >= 15 is 0 Å². The highest BCUT2D eigenvalue weighted by atomic mass is 32.2. The van der Waals surface area contributed by atoms with Crippen molar-refractivity contribution >= 4 is 21.2 Å². The van der Waals surface area contributed by atoms with Gasteiger partial charge in [-0.2, -0.15) is 18.3 Å². The summed E-state index contributed by atoms with van der Waals surface area (Å²) in [6.07, 6.45) is -3.65. The fraction of sp³-hybridized carbons (Fsp3) is 0.160. The van der Waals surface area contributed by atoms with Gasteiger partial charge in [0, 0.05) is 42.9 Å².